The van der Waals surface area contributed by atoms with Crippen LogP contribution in [0.1, 0.15) is 19.8 Å². The molecule has 1 atom stereocenters. The van der Waals surface area contributed by atoms with Crippen LogP contribution in [0, 0.1) is 0 Å². The minimum atomic E-state index is -0.391. The Morgan fingerprint density at radius 1 is 1.32 bits per heavy atom. The molecular weight excluding hydrogens is 240 g/mol. The number of nitrogens with one attached hydrogen (secondary N) is 1. The Hall–Kier alpha value is -1.94. The summed E-state index contributed by atoms with van der Waals surface area (Å²) in [6, 6.07) is 8.67. The Labute approximate surface area is 113 Å². The van der Waals surface area contributed by atoms with Gasteiger partial charge in [0.05, 0.1) is 18.2 Å². The third-order valence-corrected chi connectivity index (χ3v) is 3.10. The van der Waals surface area contributed by atoms with Gasteiger partial charge in [0.25, 0.3) is 5.91 Å². The van der Waals surface area contributed by atoms with Crippen molar-refractivity contribution in [2.75, 3.05) is 11.4 Å². The third-order valence-electron chi connectivity index (χ3n) is 3.10. The predicted molar refractivity (Wildman–Crippen MR) is 74.8 cm³/mol. The molecule has 1 aliphatic rings. The van der Waals surface area contributed by atoms with Gasteiger partial charge in [0.2, 0.25) is 5.91 Å². The molecule has 0 spiro atoms. The molecule has 1 heterocycles. The summed E-state index contributed by atoms with van der Waals surface area (Å²) in [5.41, 5.74) is 0.648. The molecule has 1 fully saturated rings. The van der Waals surface area contributed by atoms with Crippen molar-refractivity contribution in [3.8, 4) is 0 Å². The first-order chi connectivity index (χ1) is 9.24. The van der Waals surface area contributed by atoms with Gasteiger partial charge in [-0.25, -0.2) is 4.90 Å². The molecule has 2 amide bonds. The number of para-hydroxylation sites is 1. The van der Waals surface area contributed by atoms with Crippen LogP contribution >= 0.6 is 0 Å². The van der Waals surface area contributed by atoms with Crippen LogP contribution in [0.3, 0.4) is 0 Å². The number of nitrogens with zero attached hydrogens (tertiary/aromatic N) is 1. The molecule has 0 aromatic heterocycles. The van der Waals surface area contributed by atoms with E-state index in [-0.39, 0.29) is 18.2 Å². The molecule has 1 aromatic rings. The van der Waals surface area contributed by atoms with Crippen LogP contribution in [0.5, 0.6) is 0 Å². The fraction of sp³-hybridized carbons (Fsp3) is 0.333. The van der Waals surface area contributed by atoms with Crippen LogP contribution in [0.4, 0.5) is 5.69 Å². The van der Waals surface area contributed by atoms with E-state index < -0.39 is 6.04 Å². The molecule has 2 rings (SSSR count). The average molecular weight is 258 g/mol. The van der Waals surface area contributed by atoms with Gasteiger partial charge in [0.1, 0.15) is 0 Å². The highest BCUT2D eigenvalue weighted by Gasteiger charge is 2.38. The molecule has 1 unspecified atom stereocenters. The van der Waals surface area contributed by atoms with E-state index in [1.807, 2.05) is 37.3 Å². The van der Waals surface area contributed by atoms with Gasteiger partial charge in [0.15, 0.2) is 0 Å². The van der Waals surface area contributed by atoms with E-state index in [1.54, 1.807) is 12.1 Å². The second-order valence-electron chi connectivity index (χ2n) is 4.47. The summed E-state index contributed by atoms with van der Waals surface area (Å²) in [5.74, 6) is -0.295. The number of rotatable bonds is 5. The van der Waals surface area contributed by atoms with E-state index in [0.717, 1.165) is 6.42 Å². The number of imide groups is 1. The van der Waals surface area contributed by atoms with Gasteiger partial charge in [0, 0.05) is 0 Å². The van der Waals surface area contributed by atoms with Crippen molar-refractivity contribution in [2.24, 2.45) is 0 Å². The van der Waals surface area contributed by atoms with E-state index in [4.69, 9.17) is 0 Å². The van der Waals surface area contributed by atoms with E-state index in [2.05, 4.69) is 5.32 Å². The molecule has 0 saturated carbocycles. The van der Waals surface area contributed by atoms with Crippen LogP contribution < -0.4 is 10.2 Å². The maximum Gasteiger partial charge on any atom is 0.251 e. The van der Waals surface area contributed by atoms with E-state index in [0.29, 0.717) is 12.2 Å². The number of hydrogen-bond donors (Lipinski definition) is 1. The largest absolute Gasteiger partial charge is 0.305 e. The summed E-state index contributed by atoms with van der Waals surface area (Å²) >= 11 is 0. The normalized spacial score (nSPS) is 19.6. The van der Waals surface area contributed by atoms with Gasteiger partial charge in [-0.05, 0) is 32.0 Å². The lowest BCUT2D eigenvalue weighted by Crippen LogP contribution is -2.39. The summed E-state index contributed by atoms with van der Waals surface area (Å²) in [5, 5.41) is 3.13. The lowest BCUT2D eigenvalue weighted by molar-refractivity contribution is -0.121. The second kappa shape index (κ2) is 6.29. The Morgan fingerprint density at radius 2 is 2.05 bits per heavy atom. The van der Waals surface area contributed by atoms with Gasteiger partial charge in [-0.1, -0.05) is 30.4 Å². The van der Waals surface area contributed by atoms with Gasteiger partial charge in [-0.15, -0.1) is 0 Å². The smallest absolute Gasteiger partial charge is 0.251 e. The molecule has 4 heteroatoms. The van der Waals surface area contributed by atoms with Crippen LogP contribution in [0.15, 0.2) is 42.5 Å². The predicted octanol–water partition coefficient (Wildman–Crippen LogP) is 1.87. The molecule has 1 aromatic carbocycles. The van der Waals surface area contributed by atoms with Crippen molar-refractivity contribution in [2.45, 2.75) is 25.8 Å². The van der Waals surface area contributed by atoms with Crippen molar-refractivity contribution in [1.29, 1.82) is 0 Å². The summed E-state index contributed by atoms with van der Waals surface area (Å²) < 4.78 is 0. The highest BCUT2D eigenvalue weighted by Crippen LogP contribution is 2.22. The zero-order valence-corrected chi connectivity index (χ0v) is 11.0. The molecule has 1 N–H and O–H groups in total. The molecule has 100 valence electrons. The van der Waals surface area contributed by atoms with Gasteiger partial charge >= 0.3 is 0 Å². The first-order valence-corrected chi connectivity index (χ1v) is 6.50. The van der Waals surface area contributed by atoms with Crippen molar-refractivity contribution in [1.82, 2.24) is 5.32 Å². The SMILES string of the molecule is C/C=C/CCNC1CC(=O)N(c2ccccc2)C1=O. The molecule has 0 radical (unpaired) electrons. The number of hydrogen-bond acceptors (Lipinski definition) is 3. The first kappa shape index (κ1) is 13.5. The number of amides is 2. The standard InChI is InChI=1S/C15H18N2O2/c1-2-3-7-10-16-13-11-14(18)17(15(13)19)12-8-5-4-6-9-12/h2-6,8-9,13,16H,7,10-11H2,1H3/b3-2+. The molecular formula is C15H18N2O2. The minimum Gasteiger partial charge on any atom is -0.305 e. The van der Waals surface area contributed by atoms with Gasteiger partial charge in [-0.3, -0.25) is 9.59 Å². The topological polar surface area (TPSA) is 49.4 Å². The van der Waals surface area contributed by atoms with Crippen molar-refractivity contribution >= 4 is 17.5 Å². The zero-order valence-electron chi connectivity index (χ0n) is 11.0. The quantitative estimate of drug-likeness (QED) is 0.498. The van der Waals surface area contributed by atoms with E-state index >= 15 is 0 Å². The third kappa shape index (κ3) is 3.09. The van der Waals surface area contributed by atoms with Crippen LogP contribution in [0.25, 0.3) is 0 Å². The van der Waals surface area contributed by atoms with Crippen molar-refractivity contribution in [3.63, 3.8) is 0 Å². The summed E-state index contributed by atoms with van der Waals surface area (Å²) in [6.45, 7) is 2.66. The molecule has 19 heavy (non-hydrogen) atoms. The van der Waals surface area contributed by atoms with Crippen molar-refractivity contribution < 1.29 is 9.59 Å². The maximum atomic E-state index is 12.2. The van der Waals surface area contributed by atoms with Crippen molar-refractivity contribution in [3.05, 3.63) is 42.5 Å². The van der Waals surface area contributed by atoms with E-state index in [9.17, 15) is 9.59 Å². The summed E-state index contributed by atoms with van der Waals surface area (Å²) in [6.07, 6.45) is 5.10. The number of benzene rings is 1. The Kier molecular flexibility index (Phi) is 4.47. The number of carbonyl (C=O) groups is 2. The van der Waals surface area contributed by atoms with Gasteiger partial charge < -0.3 is 5.32 Å². The average Bonchev–Trinajstić information content (AvgIpc) is 2.71. The fourth-order valence-electron chi connectivity index (χ4n) is 2.15. The zero-order chi connectivity index (χ0) is 13.7. The summed E-state index contributed by atoms with van der Waals surface area (Å²) in [7, 11) is 0. The molecule has 1 aliphatic heterocycles. The second-order valence-corrected chi connectivity index (χ2v) is 4.47. The molecule has 1 saturated heterocycles. The molecule has 0 bridgehead atoms. The lowest BCUT2D eigenvalue weighted by atomic mass is 10.2. The number of carbonyl (C=O) groups excluding carboxylic acids is 2. The van der Waals surface area contributed by atoms with E-state index in [1.165, 1.54) is 4.90 Å². The monoisotopic (exact) mass is 258 g/mol. The Balaban J connectivity index is 2.01. The van der Waals surface area contributed by atoms with Crippen LogP contribution in [-0.4, -0.2) is 24.4 Å². The van der Waals surface area contributed by atoms with Crippen LogP contribution in [0.2, 0.25) is 0 Å². The molecule has 4 nitrogen and oxygen atoms in total. The first-order valence-electron chi connectivity index (χ1n) is 6.50. The number of anilines is 1. The molecule has 0 aliphatic carbocycles. The minimum absolute atomic E-state index is 0.139. The summed E-state index contributed by atoms with van der Waals surface area (Å²) in [4.78, 5) is 25.4. The Morgan fingerprint density at radius 3 is 2.74 bits per heavy atom. The highest BCUT2D eigenvalue weighted by atomic mass is 16.2. The Bertz CT molecular complexity index is 482. The lowest BCUT2D eigenvalue weighted by Gasteiger charge is -2.15. The van der Waals surface area contributed by atoms with Crippen LogP contribution in [-0.2, 0) is 9.59 Å². The maximum absolute atomic E-state index is 12.2. The number of allylic oxidation sites excluding steroid dienone is 1. The fourth-order valence-corrected chi connectivity index (χ4v) is 2.15. The van der Waals surface area contributed by atoms with Gasteiger partial charge in [-0.2, -0.15) is 0 Å². The highest BCUT2D eigenvalue weighted by molar-refractivity contribution is 6.22.